The minimum absolute atomic E-state index is 0.0799. The van der Waals surface area contributed by atoms with Crippen molar-refractivity contribution in [1.82, 2.24) is 0 Å². The zero-order valence-electron chi connectivity index (χ0n) is 16.2. The number of nitrogens with two attached hydrogens (primary N) is 2. The number of amides is 2. The van der Waals surface area contributed by atoms with E-state index in [1.807, 2.05) is 12.1 Å². The maximum Gasteiger partial charge on any atom is 0.411 e. The van der Waals surface area contributed by atoms with Crippen molar-refractivity contribution in [2.75, 3.05) is 17.7 Å². The molecule has 0 saturated heterocycles. The third-order valence-electron chi connectivity index (χ3n) is 4.49. The molecule has 0 spiro atoms. The normalized spacial score (nSPS) is 11.2. The zero-order valence-corrected chi connectivity index (χ0v) is 16.2. The Morgan fingerprint density at radius 1 is 1.03 bits per heavy atom. The number of oxime groups is 1. The minimum Gasteiger partial charge on any atom is -0.453 e. The summed E-state index contributed by atoms with van der Waals surface area (Å²) in [7, 11) is 1.24. The van der Waals surface area contributed by atoms with Gasteiger partial charge in [0.05, 0.1) is 12.8 Å². The molecule has 154 valence electrons. The van der Waals surface area contributed by atoms with Crippen molar-refractivity contribution in [2.45, 2.75) is 6.54 Å². The molecule has 30 heavy (non-hydrogen) atoms. The zero-order chi connectivity index (χ0) is 21.7. The second-order valence-corrected chi connectivity index (χ2v) is 6.42. The summed E-state index contributed by atoms with van der Waals surface area (Å²) in [5.74, 6) is -0.436. The molecule has 0 aliphatic rings. The highest BCUT2D eigenvalue weighted by molar-refractivity contribution is 6.11. The Balaban J connectivity index is 2.01. The Labute approximate surface area is 172 Å². The summed E-state index contributed by atoms with van der Waals surface area (Å²) in [6.45, 7) is 0.412. The van der Waals surface area contributed by atoms with Gasteiger partial charge in [-0.3, -0.25) is 10.1 Å². The number of rotatable bonds is 5. The molecule has 9 heteroatoms. The minimum atomic E-state index is -0.694. The predicted molar refractivity (Wildman–Crippen MR) is 115 cm³/mol. The summed E-state index contributed by atoms with van der Waals surface area (Å²) >= 11 is 0. The number of methoxy groups -OCH3 is 1. The number of carbonyl (C=O) groups is 2. The van der Waals surface area contributed by atoms with E-state index in [0.717, 1.165) is 5.56 Å². The van der Waals surface area contributed by atoms with Gasteiger partial charge in [0.15, 0.2) is 5.84 Å². The van der Waals surface area contributed by atoms with E-state index < -0.39 is 6.09 Å². The Kier molecular flexibility index (Phi) is 6.14. The van der Waals surface area contributed by atoms with Crippen LogP contribution in [0.15, 0.2) is 59.8 Å². The quantitative estimate of drug-likeness (QED) is 0.190. The lowest BCUT2D eigenvalue weighted by Crippen LogP contribution is -2.16. The smallest absolute Gasteiger partial charge is 0.411 e. The van der Waals surface area contributed by atoms with Crippen LogP contribution in [0.25, 0.3) is 10.8 Å². The molecule has 3 aromatic rings. The lowest BCUT2D eigenvalue weighted by atomic mass is 10.0. The van der Waals surface area contributed by atoms with Gasteiger partial charge in [0.25, 0.3) is 5.91 Å². The molecule has 9 nitrogen and oxygen atoms in total. The third-order valence-corrected chi connectivity index (χ3v) is 4.49. The number of anilines is 2. The summed E-state index contributed by atoms with van der Waals surface area (Å²) < 4.78 is 4.67. The van der Waals surface area contributed by atoms with Gasteiger partial charge in [0.2, 0.25) is 0 Å². The lowest BCUT2D eigenvalue weighted by molar-refractivity contribution is 0.102. The van der Waals surface area contributed by atoms with E-state index in [0.29, 0.717) is 39.8 Å². The van der Waals surface area contributed by atoms with Gasteiger partial charge in [-0.2, -0.15) is 0 Å². The summed E-state index contributed by atoms with van der Waals surface area (Å²) in [4.78, 5) is 24.6. The number of hydrogen-bond donors (Lipinski definition) is 5. The molecule has 0 saturated carbocycles. The van der Waals surface area contributed by atoms with Crippen LogP contribution < -0.4 is 22.1 Å². The van der Waals surface area contributed by atoms with E-state index in [4.69, 9.17) is 16.7 Å². The topological polar surface area (TPSA) is 152 Å². The number of carbonyl (C=O) groups excluding carboxylic acids is 2. The molecule has 3 rings (SSSR count). The van der Waals surface area contributed by atoms with Crippen molar-refractivity contribution in [3.8, 4) is 0 Å². The fourth-order valence-electron chi connectivity index (χ4n) is 2.90. The standard InChI is InChI=1S/C21H21N5O4/c1-30-21(28)25-18-10-15(20(27)24-16-6-2-12(11-22)3-7-16)8-13-4-5-14(9-17(13)18)19(23)26-29/h2-10,29H,11,22H2,1H3,(H2,23,26)(H,24,27)(H,25,28). The molecule has 0 radical (unpaired) electrons. The van der Waals surface area contributed by atoms with E-state index in [-0.39, 0.29) is 11.7 Å². The van der Waals surface area contributed by atoms with Crippen molar-refractivity contribution < 1.29 is 19.5 Å². The van der Waals surface area contributed by atoms with Gasteiger partial charge in [0, 0.05) is 28.7 Å². The van der Waals surface area contributed by atoms with Crippen LogP contribution in [0.3, 0.4) is 0 Å². The van der Waals surface area contributed by atoms with Crippen molar-refractivity contribution in [2.24, 2.45) is 16.6 Å². The second-order valence-electron chi connectivity index (χ2n) is 6.42. The third kappa shape index (κ3) is 4.47. The van der Waals surface area contributed by atoms with Crippen LogP contribution in [0.1, 0.15) is 21.5 Å². The van der Waals surface area contributed by atoms with Crippen LogP contribution in [0.2, 0.25) is 0 Å². The van der Waals surface area contributed by atoms with E-state index >= 15 is 0 Å². The number of hydrogen-bond acceptors (Lipinski definition) is 6. The first kappa shape index (κ1) is 20.6. The fourth-order valence-corrected chi connectivity index (χ4v) is 2.90. The van der Waals surface area contributed by atoms with Gasteiger partial charge in [0.1, 0.15) is 0 Å². The summed E-state index contributed by atoms with van der Waals surface area (Å²) in [6.07, 6.45) is -0.694. The number of fused-ring (bicyclic) bond motifs is 1. The van der Waals surface area contributed by atoms with Crippen LogP contribution >= 0.6 is 0 Å². The largest absolute Gasteiger partial charge is 0.453 e. The lowest BCUT2D eigenvalue weighted by Gasteiger charge is -2.13. The van der Waals surface area contributed by atoms with Crippen LogP contribution in [0, 0.1) is 0 Å². The SMILES string of the molecule is COC(=O)Nc1cc(C(=O)Nc2ccc(CN)cc2)cc2ccc(/C(N)=N/O)cc12. The monoisotopic (exact) mass is 407 g/mol. The first-order valence-corrected chi connectivity index (χ1v) is 8.96. The average molecular weight is 407 g/mol. The van der Waals surface area contributed by atoms with Gasteiger partial charge in [-0.1, -0.05) is 29.4 Å². The van der Waals surface area contributed by atoms with Gasteiger partial charge in [-0.25, -0.2) is 4.79 Å². The maximum atomic E-state index is 12.8. The van der Waals surface area contributed by atoms with Crippen molar-refractivity contribution in [3.63, 3.8) is 0 Å². The Morgan fingerprint density at radius 3 is 2.40 bits per heavy atom. The highest BCUT2D eigenvalue weighted by atomic mass is 16.5. The van der Waals surface area contributed by atoms with E-state index in [9.17, 15) is 9.59 Å². The van der Waals surface area contributed by atoms with E-state index in [2.05, 4.69) is 20.5 Å². The van der Waals surface area contributed by atoms with Gasteiger partial charge in [-0.05, 0) is 41.3 Å². The average Bonchev–Trinajstić information content (AvgIpc) is 2.78. The molecule has 0 bridgehead atoms. The molecule has 0 heterocycles. The molecule has 7 N–H and O–H groups in total. The molecular formula is C21H21N5O4. The number of nitrogens with one attached hydrogen (secondary N) is 2. The summed E-state index contributed by atoms with van der Waals surface area (Å²) in [5.41, 5.74) is 13.9. The van der Waals surface area contributed by atoms with E-state index in [1.165, 1.54) is 13.2 Å². The van der Waals surface area contributed by atoms with Crippen molar-refractivity contribution in [3.05, 3.63) is 71.3 Å². The van der Waals surface area contributed by atoms with E-state index in [1.54, 1.807) is 36.4 Å². The Bertz CT molecular complexity index is 1130. The maximum absolute atomic E-state index is 12.8. The van der Waals surface area contributed by atoms with Gasteiger partial charge >= 0.3 is 6.09 Å². The number of nitrogens with zero attached hydrogens (tertiary/aromatic N) is 1. The summed E-state index contributed by atoms with van der Waals surface area (Å²) in [6, 6.07) is 15.4. The van der Waals surface area contributed by atoms with Gasteiger partial charge < -0.3 is 26.7 Å². The Hall–Kier alpha value is -4.11. The van der Waals surface area contributed by atoms with Crippen molar-refractivity contribution in [1.29, 1.82) is 0 Å². The molecular weight excluding hydrogens is 386 g/mol. The number of ether oxygens (including phenoxy) is 1. The summed E-state index contributed by atoms with van der Waals surface area (Å²) in [5, 5.41) is 18.6. The van der Waals surface area contributed by atoms with Gasteiger partial charge in [-0.15, -0.1) is 0 Å². The highest BCUT2D eigenvalue weighted by Crippen LogP contribution is 2.28. The molecule has 0 unspecified atom stereocenters. The van der Waals surface area contributed by atoms with Crippen LogP contribution in [0.4, 0.5) is 16.2 Å². The van der Waals surface area contributed by atoms with Crippen LogP contribution in [0.5, 0.6) is 0 Å². The molecule has 0 fully saturated rings. The highest BCUT2D eigenvalue weighted by Gasteiger charge is 2.14. The predicted octanol–water partition coefficient (Wildman–Crippen LogP) is 2.82. The fraction of sp³-hybridized carbons (Fsp3) is 0.0952. The molecule has 2 amide bonds. The number of benzene rings is 3. The molecule has 0 aromatic heterocycles. The first-order chi connectivity index (χ1) is 14.4. The first-order valence-electron chi connectivity index (χ1n) is 8.96. The molecule has 0 atom stereocenters. The van der Waals surface area contributed by atoms with Crippen molar-refractivity contribution >= 4 is 40.0 Å². The Morgan fingerprint density at radius 2 is 1.77 bits per heavy atom. The second kappa shape index (κ2) is 8.93. The van der Waals surface area contributed by atoms with Crippen LogP contribution in [-0.4, -0.2) is 30.2 Å². The number of amidine groups is 1. The molecule has 0 aliphatic heterocycles. The molecule has 3 aromatic carbocycles. The van der Waals surface area contributed by atoms with Crippen LogP contribution in [-0.2, 0) is 11.3 Å². The molecule has 0 aliphatic carbocycles.